The summed E-state index contributed by atoms with van der Waals surface area (Å²) in [6.45, 7) is 3.49. The Labute approximate surface area is 62.5 Å². The molecule has 1 aliphatic carbocycles. The highest BCUT2D eigenvalue weighted by atomic mass is 15.0. The molecule has 0 aromatic heterocycles. The number of allylic oxidation sites excluding steroid dienone is 1. The van der Waals surface area contributed by atoms with Gasteiger partial charge in [0.25, 0.3) is 0 Å². The van der Waals surface area contributed by atoms with Gasteiger partial charge in [0.1, 0.15) is 0 Å². The quantitative estimate of drug-likeness (QED) is 0.544. The summed E-state index contributed by atoms with van der Waals surface area (Å²) < 4.78 is 0. The fraction of sp³-hybridized carbons (Fsp3) is 0.778. The average Bonchev–Trinajstić information content (AvgIpc) is 2.59. The molecule has 0 amide bonds. The summed E-state index contributed by atoms with van der Waals surface area (Å²) in [5.74, 6) is 0. The Morgan fingerprint density at radius 3 is 3.40 bits per heavy atom. The van der Waals surface area contributed by atoms with Crippen molar-refractivity contribution in [2.45, 2.75) is 38.1 Å². The van der Waals surface area contributed by atoms with E-state index in [1.54, 1.807) is 5.57 Å². The predicted octanol–water partition coefficient (Wildman–Crippen LogP) is 1.85. The van der Waals surface area contributed by atoms with Crippen molar-refractivity contribution < 1.29 is 0 Å². The third kappa shape index (κ3) is 0.807. The molecule has 2 rings (SSSR count). The van der Waals surface area contributed by atoms with Gasteiger partial charge in [-0.1, -0.05) is 18.6 Å². The summed E-state index contributed by atoms with van der Waals surface area (Å²) in [4.78, 5) is 0. The van der Waals surface area contributed by atoms with Crippen molar-refractivity contribution in [1.82, 2.24) is 5.32 Å². The van der Waals surface area contributed by atoms with Gasteiger partial charge in [0.05, 0.1) is 0 Å². The topological polar surface area (TPSA) is 12.0 Å². The summed E-state index contributed by atoms with van der Waals surface area (Å²) in [6.07, 6.45) is 7.65. The molecule has 2 aliphatic rings. The van der Waals surface area contributed by atoms with E-state index in [1.807, 2.05) is 0 Å². The molecular formula is C9H15N. The van der Waals surface area contributed by atoms with Crippen molar-refractivity contribution in [3.05, 3.63) is 11.6 Å². The molecule has 1 fully saturated rings. The molecule has 0 radical (unpaired) electrons. The lowest BCUT2D eigenvalue weighted by Gasteiger charge is -2.11. The van der Waals surface area contributed by atoms with Gasteiger partial charge in [0.2, 0.25) is 0 Å². The van der Waals surface area contributed by atoms with Crippen LogP contribution in [0.1, 0.15) is 32.6 Å². The molecule has 0 aromatic rings. The summed E-state index contributed by atoms with van der Waals surface area (Å²) in [6, 6.07) is 0. The smallest absolute Gasteiger partial charge is 0.0430 e. The monoisotopic (exact) mass is 137 g/mol. The fourth-order valence-corrected chi connectivity index (χ4v) is 1.91. The Bertz CT molecular complexity index is 172. The molecule has 0 spiro atoms. The van der Waals surface area contributed by atoms with Gasteiger partial charge in [0, 0.05) is 5.54 Å². The highest BCUT2D eigenvalue weighted by Gasteiger charge is 2.46. The van der Waals surface area contributed by atoms with Crippen molar-refractivity contribution in [3.8, 4) is 0 Å². The minimum atomic E-state index is 0.483. The van der Waals surface area contributed by atoms with Gasteiger partial charge in [-0.15, -0.1) is 0 Å². The zero-order valence-electron chi connectivity index (χ0n) is 6.61. The number of hydrogen-bond donors (Lipinski definition) is 1. The van der Waals surface area contributed by atoms with E-state index in [1.165, 1.54) is 32.2 Å². The van der Waals surface area contributed by atoms with Gasteiger partial charge >= 0.3 is 0 Å². The largest absolute Gasteiger partial charge is 0.307 e. The molecule has 1 nitrogen and oxygen atoms in total. The summed E-state index contributed by atoms with van der Waals surface area (Å²) >= 11 is 0. The first-order valence-corrected chi connectivity index (χ1v) is 4.32. The number of fused-ring (bicyclic) bond motifs is 1. The van der Waals surface area contributed by atoms with E-state index in [0.29, 0.717) is 5.54 Å². The standard InChI is InChI=1S/C9H15N/c1-2-9-7-8(9)5-3-4-6-10-9/h5,10H,2-4,6-7H2,1H3. The van der Waals surface area contributed by atoms with Crippen LogP contribution in [0.4, 0.5) is 0 Å². The lowest BCUT2D eigenvalue weighted by atomic mass is 10.2. The van der Waals surface area contributed by atoms with Crippen LogP contribution in [0.2, 0.25) is 0 Å². The van der Waals surface area contributed by atoms with Gasteiger partial charge < -0.3 is 5.32 Å². The van der Waals surface area contributed by atoms with Crippen molar-refractivity contribution in [2.24, 2.45) is 0 Å². The van der Waals surface area contributed by atoms with E-state index in [-0.39, 0.29) is 0 Å². The SMILES string of the molecule is CCC12CC1=CCCCN2. The number of rotatable bonds is 1. The fourth-order valence-electron chi connectivity index (χ4n) is 1.91. The normalized spacial score (nSPS) is 37.9. The van der Waals surface area contributed by atoms with Crippen molar-refractivity contribution >= 4 is 0 Å². The molecule has 1 heterocycles. The molecule has 10 heavy (non-hydrogen) atoms. The molecule has 1 unspecified atom stereocenters. The molecule has 0 bridgehead atoms. The van der Waals surface area contributed by atoms with Crippen LogP contribution in [0, 0.1) is 0 Å². The first kappa shape index (κ1) is 6.41. The molecule has 1 heteroatoms. The van der Waals surface area contributed by atoms with E-state index in [2.05, 4.69) is 18.3 Å². The Kier molecular flexibility index (Phi) is 1.34. The van der Waals surface area contributed by atoms with Crippen LogP contribution >= 0.6 is 0 Å². The second kappa shape index (κ2) is 2.09. The maximum atomic E-state index is 3.61. The van der Waals surface area contributed by atoms with Crippen LogP contribution < -0.4 is 5.32 Å². The minimum absolute atomic E-state index is 0.483. The highest BCUT2D eigenvalue weighted by Crippen LogP contribution is 2.46. The lowest BCUT2D eigenvalue weighted by Crippen LogP contribution is -2.30. The lowest BCUT2D eigenvalue weighted by molar-refractivity contribution is 0.503. The van der Waals surface area contributed by atoms with Crippen LogP contribution in [-0.4, -0.2) is 12.1 Å². The van der Waals surface area contributed by atoms with E-state index in [0.717, 1.165) is 0 Å². The molecule has 0 aromatic carbocycles. The van der Waals surface area contributed by atoms with Crippen molar-refractivity contribution in [1.29, 1.82) is 0 Å². The summed E-state index contributed by atoms with van der Waals surface area (Å²) in [5.41, 5.74) is 2.16. The maximum absolute atomic E-state index is 3.61. The van der Waals surface area contributed by atoms with Gasteiger partial charge in [-0.3, -0.25) is 0 Å². The second-order valence-electron chi connectivity index (χ2n) is 3.41. The molecule has 56 valence electrons. The average molecular weight is 137 g/mol. The molecule has 0 saturated heterocycles. The zero-order valence-corrected chi connectivity index (χ0v) is 6.61. The van der Waals surface area contributed by atoms with Gasteiger partial charge in [0.15, 0.2) is 0 Å². The number of hydrogen-bond acceptors (Lipinski definition) is 1. The van der Waals surface area contributed by atoms with Crippen molar-refractivity contribution in [2.75, 3.05) is 6.54 Å². The first-order chi connectivity index (χ1) is 4.87. The van der Waals surface area contributed by atoms with E-state index in [9.17, 15) is 0 Å². The van der Waals surface area contributed by atoms with Crippen LogP contribution in [0.5, 0.6) is 0 Å². The van der Waals surface area contributed by atoms with Gasteiger partial charge in [-0.2, -0.15) is 0 Å². The third-order valence-electron chi connectivity index (χ3n) is 2.82. The predicted molar refractivity (Wildman–Crippen MR) is 43.0 cm³/mol. The first-order valence-electron chi connectivity index (χ1n) is 4.32. The third-order valence-corrected chi connectivity index (χ3v) is 2.82. The second-order valence-corrected chi connectivity index (χ2v) is 3.41. The van der Waals surface area contributed by atoms with E-state index >= 15 is 0 Å². The van der Waals surface area contributed by atoms with Crippen LogP contribution in [0.15, 0.2) is 11.6 Å². The molecular weight excluding hydrogens is 122 g/mol. The van der Waals surface area contributed by atoms with Crippen molar-refractivity contribution in [3.63, 3.8) is 0 Å². The molecule has 1 aliphatic heterocycles. The molecule has 1 N–H and O–H groups in total. The molecule has 1 saturated carbocycles. The van der Waals surface area contributed by atoms with Crippen LogP contribution in [0.3, 0.4) is 0 Å². The Morgan fingerprint density at radius 1 is 1.70 bits per heavy atom. The Morgan fingerprint density at radius 2 is 2.60 bits per heavy atom. The van der Waals surface area contributed by atoms with Gasteiger partial charge in [-0.25, -0.2) is 0 Å². The minimum Gasteiger partial charge on any atom is -0.307 e. The van der Waals surface area contributed by atoms with E-state index < -0.39 is 0 Å². The Hall–Kier alpha value is -0.300. The van der Waals surface area contributed by atoms with Crippen LogP contribution in [0.25, 0.3) is 0 Å². The number of nitrogens with one attached hydrogen (secondary N) is 1. The van der Waals surface area contributed by atoms with Crippen LogP contribution in [-0.2, 0) is 0 Å². The highest BCUT2D eigenvalue weighted by molar-refractivity contribution is 5.39. The molecule has 1 atom stereocenters. The zero-order chi connectivity index (χ0) is 7.03. The van der Waals surface area contributed by atoms with E-state index in [4.69, 9.17) is 0 Å². The maximum Gasteiger partial charge on any atom is 0.0430 e. The summed E-state index contributed by atoms with van der Waals surface area (Å²) in [5, 5.41) is 3.61. The summed E-state index contributed by atoms with van der Waals surface area (Å²) in [7, 11) is 0. The Balaban J connectivity index is 2.13. The van der Waals surface area contributed by atoms with Gasteiger partial charge in [-0.05, 0) is 32.2 Å².